The van der Waals surface area contributed by atoms with Crippen molar-refractivity contribution in [3.63, 3.8) is 0 Å². The molecule has 2 aromatic carbocycles. The highest BCUT2D eigenvalue weighted by molar-refractivity contribution is 7.88. The molecule has 0 amide bonds. The molecular weight excluding hydrogens is 297 g/mol. The first kappa shape index (κ1) is 14.3. The third kappa shape index (κ3) is 2.60. The summed E-state index contributed by atoms with van der Waals surface area (Å²) >= 11 is 0. The van der Waals surface area contributed by atoms with E-state index < -0.39 is 21.4 Å². The maximum Gasteiger partial charge on any atom is 0.534 e. The highest BCUT2D eigenvalue weighted by atomic mass is 32.2. The van der Waals surface area contributed by atoms with E-state index in [0.717, 1.165) is 6.07 Å². The third-order valence-electron chi connectivity index (χ3n) is 2.49. The predicted molar refractivity (Wildman–Crippen MR) is 64.9 cm³/mol. The minimum absolute atomic E-state index is 0.230. The summed E-state index contributed by atoms with van der Waals surface area (Å²) in [7, 11) is -5.81. The Labute approximate surface area is 111 Å². The number of rotatable bonds is 3. The molecule has 0 bridgehead atoms. The van der Waals surface area contributed by atoms with Gasteiger partial charge in [-0.1, -0.05) is 24.3 Å². The molecule has 0 aliphatic carbocycles. The summed E-state index contributed by atoms with van der Waals surface area (Å²) in [6, 6.07) is 8.79. The first-order valence-corrected chi connectivity index (χ1v) is 6.64. The third-order valence-corrected chi connectivity index (χ3v) is 3.45. The Morgan fingerprint density at radius 3 is 2.10 bits per heavy atom. The van der Waals surface area contributed by atoms with Crippen molar-refractivity contribution in [2.75, 3.05) is 0 Å². The molecule has 8 heteroatoms. The van der Waals surface area contributed by atoms with Crippen LogP contribution in [0.1, 0.15) is 10.4 Å². The van der Waals surface area contributed by atoms with Gasteiger partial charge in [0.25, 0.3) is 0 Å². The highest BCUT2D eigenvalue weighted by Crippen LogP contribution is 2.31. The van der Waals surface area contributed by atoms with Crippen molar-refractivity contribution in [1.29, 1.82) is 0 Å². The second-order valence-corrected chi connectivity index (χ2v) is 5.38. The average Bonchev–Trinajstić information content (AvgIpc) is 2.36. The van der Waals surface area contributed by atoms with E-state index in [0.29, 0.717) is 10.8 Å². The van der Waals surface area contributed by atoms with Gasteiger partial charge in [-0.05, 0) is 22.9 Å². The number of benzene rings is 2. The van der Waals surface area contributed by atoms with Crippen LogP contribution in [0.5, 0.6) is 5.75 Å². The van der Waals surface area contributed by atoms with Crippen molar-refractivity contribution in [3.05, 3.63) is 42.0 Å². The molecule has 20 heavy (non-hydrogen) atoms. The van der Waals surface area contributed by atoms with Crippen molar-refractivity contribution >= 4 is 27.2 Å². The summed E-state index contributed by atoms with van der Waals surface area (Å²) in [5.74, 6) is -0.656. The fraction of sp³-hybridized carbons (Fsp3) is 0.0833. The molecule has 106 valence electrons. The lowest BCUT2D eigenvalue weighted by atomic mass is 10.1. The van der Waals surface area contributed by atoms with Crippen LogP contribution in [-0.4, -0.2) is 20.2 Å². The Hall–Kier alpha value is -2.09. The summed E-state index contributed by atoms with van der Waals surface area (Å²) in [6.07, 6.45) is 0.230. The maximum atomic E-state index is 12.3. The van der Waals surface area contributed by atoms with Gasteiger partial charge in [0.2, 0.25) is 0 Å². The summed E-state index contributed by atoms with van der Waals surface area (Å²) in [5, 5.41) is 1.02. The summed E-state index contributed by atoms with van der Waals surface area (Å²) in [6.45, 7) is 0. The summed E-state index contributed by atoms with van der Waals surface area (Å²) < 4.78 is 62.7. The van der Waals surface area contributed by atoms with Gasteiger partial charge in [0, 0.05) is 0 Å². The van der Waals surface area contributed by atoms with Gasteiger partial charge in [0.1, 0.15) is 0 Å². The Bertz CT molecular complexity index is 766. The average molecular weight is 304 g/mol. The van der Waals surface area contributed by atoms with Gasteiger partial charge in [0.15, 0.2) is 12.0 Å². The largest absolute Gasteiger partial charge is 0.534 e. The summed E-state index contributed by atoms with van der Waals surface area (Å²) in [4.78, 5) is 10.9. The molecule has 0 aliphatic rings. The number of hydrogen-bond acceptors (Lipinski definition) is 4. The molecule has 2 rings (SSSR count). The summed E-state index contributed by atoms with van der Waals surface area (Å²) in [5.41, 5.74) is -5.84. The van der Waals surface area contributed by atoms with Crippen molar-refractivity contribution in [2.24, 2.45) is 0 Å². The minimum Gasteiger partial charge on any atom is -0.375 e. The number of alkyl halides is 3. The quantitative estimate of drug-likeness (QED) is 0.497. The lowest BCUT2D eigenvalue weighted by Gasteiger charge is -2.11. The van der Waals surface area contributed by atoms with E-state index in [1.807, 2.05) is 0 Å². The maximum absolute atomic E-state index is 12.3. The van der Waals surface area contributed by atoms with Crippen molar-refractivity contribution in [3.8, 4) is 5.75 Å². The van der Waals surface area contributed by atoms with Gasteiger partial charge in [-0.25, -0.2) is 0 Å². The van der Waals surface area contributed by atoms with Crippen LogP contribution in [0.25, 0.3) is 10.8 Å². The van der Waals surface area contributed by atoms with E-state index in [4.69, 9.17) is 0 Å². The molecule has 0 aliphatic heterocycles. The lowest BCUT2D eigenvalue weighted by Crippen LogP contribution is -2.28. The van der Waals surface area contributed by atoms with Crippen molar-refractivity contribution in [1.82, 2.24) is 0 Å². The Kier molecular flexibility index (Phi) is 3.43. The number of fused-ring (bicyclic) bond motifs is 1. The van der Waals surface area contributed by atoms with Crippen molar-refractivity contribution < 1.29 is 30.6 Å². The standard InChI is InChI=1S/C12H7F3O4S/c13-12(14,15)20(17,18)19-11-6-9-4-2-1-3-8(9)5-10(11)7-16/h1-7H. The van der Waals surface area contributed by atoms with Crippen LogP contribution in [0, 0.1) is 0 Å². The molecule has 0 atom stereocenters. The second kappa shape index (κ2) is 4.78. The first-order chi connectivity index (χ1) is 9.24. The minimum atomic E-state index is -5.81. The zero-order valence-corrected chi connectivity index (χ0v) is 10.5. The van der Waals surface area contributed by atoms with Crippen LogP contribution in [0.2, 0.25) is 0 Å². The topological polar surface area (TPSA) is 60.4 Å². The van der Waals surface area contributed by atoms with E-state index in [1.165, 1.54) is 6.07 Å². The molecule has 0 unspecified atom stereocenters. The molecule has 0 radical (unpaired) electrons. The predicted octanol–water partition coefficient (Wildman–Crippen LogP) is 2.88. The zero-order valence-electron chi connectivity index (χ0n) is 9.72. The van der Waals surface area contributed by atoms with Crippen LogP contribution >= 0.6 is 0 Å². The lowest BCUT2D eigenvalue weighted by molar-refractivity contribution is -0.0500. The fourth-order valence-corrected chi connectivity index (χ4v) is 2.04. The van der Waals surface area contributed by atoms with Crippen LogP contribution in [-0.2, 0) is 10.1 Å². The molecule has 0 N–H and O–H groups in total. The van der Waals surface area contributed by atoms with Gasteiger partial charge in [-0.15, -0.1) is 0 Å². The number of hydrogen-bond donors (Lipinski definition) is 0. The van der Waals surface area contributed by atoms with Crippen LogP contribution in [0.15, 0.2) is 36.4 Å². The van der Waals surface area contributed by atoms with E-state index in [1.54, 1.807) is 24.3 Å². The van der Waals surface area contributed by atoms with Gasteiger partial charge in [-0.3, -0.25) is 4.79 Å². The van der Waals surface area contributed by atoms with Crippen LogP contribution < -0.4 is 4.18 Å². The molecule has 0 aromatic heterocycles. The Morgan fingerprint density at radius 2 is 1.60 bits per heavy atom. The molecule has 0 fully saturated rings. The van der Waals surface area contributed by atoms with E-state index in [-0.39, 0.29) is 11.8 Å². The van der Waals surface area contributed by atoms with Gasteiger partial charge >= 0.3 is 15.6 Å². The van der Waals surface area contributed by atoms with E-state index in [9.17, 15) is 26.4 Å². The Balaban J connectivity index is 2.57. The highest BCUT2D eigenvalue weighted by Gasteiger charge is 2.48. The molecule has 0 saturated heterocycles. The second-order valence-electron chi connectivity index (χ2n) is 3.84. The van der Waals surface area contributed by atoms with Gasteiger partial charge in [0.05, 0.1) is 5.56 Å². The van der Waals surface area contributed by atoms with Crippen LogP contribution in [0.4, 0.5) is 13.2 Å². The number of carbonyl (C=O) groups is 1. The smallest absolute Gasteiger partial charge is 0.375 e. The zero-order chi connectivity index (χ0) is 15.0. The number of aldehydes is 1. The molecule has 4 nitrogen and oxygen atoms in total. The molecule has 0 heterocycles. The van der Waals surface area contributed by atoms with Gasteiger partial charge < -0.3 is 4.18 Å². The van der Waals surface area contributed by atoms with Crippen molar-refractivity contribution in [2.45, 2.75) is 5.51 Å². The molecular formula is C12H7F3O4S. The normalized spacial score (nSPS) is 12.3. The first-order valence-electron chi connectivity index (χ1n) is 5.23. The monoisotopic (exact) mass is 304 g/mol. The number of carbonyl (C=O) groups excluding carboxylic acids is 1. The Morgan fingerprint density at radius 1 is 1.05 bits per heavy atom. The molecule has 2 aromatic rings. The number of halogens is 3. The fourth-order valence-electron chi connectivity index (χ4n) is 1.57. The van der Waals surface area contributed by atoms with E-state index >= 15 is 0 Å². The molecule has 0 saturated carbocycles. The SMILES string of the molecule is O=Cc1cc2ccccc2cc1OS(=O)(=O)C(F)(F)F. The van der Waals surface area contributed by atoms with Gasteiger partial charge in [-0.2, -0.15) is 21.6 Å². The van der Waals surface area contributed by atoms with E-state index in [2.05, 4.69) is 4.18 Å². The van der Waals surface area contributed by atoms with Crippen LogP contribution in [0.3, 0.4) is 0 Å². The molecule has 0 spiro atoms.